The molecule has 4 rings (SSSR count). The number of piperidine rings is 1. The number of likely N-dealkylation sites (tertiary alicyclic amines) is 1. The lowest BCUT2D eigenvalue weighted by atomic mass is 9.82. The van der Waals surface area contributed by atoms with Gasteiger partial charge in [-0.15, -0.1) is 0 Å². The molecule has 0 radical (unpaired) electrons. The van der Waals surface area contributed by atoms with Crippen LogP contribution in [-0.4, -0.2) is 47.1 Å². The maximum atomic E-state index is 12.5. The van der Waals surface area contributed by atoms with Gasteiger partial charge in [-0.1, -0.05) is 0 Å². The molecular formula is C19H23N3O2S. The highest BCUT2D eigenvalue weighted by Gasteiger charge is 2.48. The van der Waals surface area contributed by atoms with E-state index in [9.17, 15) is 4.79 Å². The molecule has 2 saturated heterocycles. The van der Waals surface area contributed by atoms with Crippen LogP contribution in [0.1, 0.15) is 25.3 Å². The van der Waals surface area contributed by atoms with Gasteiger partial charge in [0.1, 0.15) is 6.61 Å². The van der Waals surface area contributed by atoms with Crippen LogP contribution in [0.25, 0.3) is 0 Å². The summed E-state index contributed by atoms with van der Waals surface area (Å²) in [4.78, 5) is 21.0. The molecule has 25 heavy (non-hydrogen) atoms. The molecule has 0 saturated carbocycles. The molecule has 5 nitrogen and oxygen atoms in total. The maximum Gasteiger partial charge on any atom is 0.253 e. The summed E-state index contributed by atoms with van der Waals surface area (Å²) in [6.07, 6.45) is 5.39. The van der Waals surface area contributed by atoms with Crippen molar-refractivity contribution in [1.29, 1.82) is 0 Å². The Kier molecular flexibility index (Phi) is 4.58. The predicted molar refractivity (Wildman–Crippen MR) is 98.7 cm³/mol. The second-order valence-electron chi connectivity index (χ2n) is 6.91. The van der Waals surface area contributed by atoms with Gasteiger partial charge in [0.15, 0.2) is 0 Å². The first kappa shape index (κ1) is 16.7. The molecule has 2 aliphatic heterocycles. The van der Waals surface area contributed by atoms with E-state index in [-0.39, 0.29) is 24.2 Å². The second-order valence-corrected chi connectivity index (χ2v) is 7.69. The lowest BCUT2D eigenvalue weighted by Crippen LogP contribution is -2.64. The third-order valence-electron chi connectivity index (χ3n) is 5.51. The van der Waals surface area contributed by atoms with E-state index in [0.717, 1.165) is 38.2 Å². The summed E-state index contributed by atoms with van der Waals surface area (Å²) in [5, 5.41) is 4.34. The van der Waals surface area contributed by atoms with Crippen LogP contribution in [0.4, 0.5) is 5.69 Å². The van der Waals surface area contributed by atoms with Crippen LogP contribution in [0.2, 0.25) is 0 Å². The molecule has 2 aromatic heterocycles. The molecule has 1 atom stereocenters. The monoisotopic (exact) mass is 357 g/mol. The number of thiophene rings is 1. The van der Waals surface area contributed by atoms with Gasteiger partial charge < -0.3 is 9.64 Å². The van der Waals surface area contributed by atoms with Gasteiger partial charge in [-0.3, -0.25) is 14.7 Å². The van der Waals surface area contributed by atoms with Gasteiger partial charge >= 0.3 is 0 Å². The Balaban J connectivity index is 1.48. The number of carbonyl (C=O) groups excluding carboxylic acids is 1. The first-order valence-electron chi connectivity index (χ1n) is 8.77. The van der Waals surface area contributed by atoms with E-state index in [1.807, 2.05) is 17.0 Å². The zero-order chi connectivity index (χ0) is 17.3. The van der Waals surface area contributed by atoms with E-state index in [0.29, 0.717) is 0 Å². The summed E-state index contributed by atoms with van der Waals surface area (Å²) in [6.45, 7) is 5.26. The van der Waals surface area contributed by atoms with Crippen molar-refractivity contribution in [2.75, 3.05) is 24.6 Å². The number of ether oxygens (including phenoxy) is 1. The van der Waals surface area contributed by atoms with Crippen molar-refractivity contribution in [3.05, 3.63) is 46.9 Å². The van der Waals surface area contributed by atoms with Crippen molar-refractivity contribution in [2.24, 2.45) is 0 Å². The van der Waals surface area contributed by atoms with E-state index in [4.69, 9.17) is 4.74 Å². The molecule has 0 aliphatic carbocycles. The number of carbonyl (C=O) groups is 1. The zero-order valence-corrected chi connectivity index (χ0v) is 15.2. The molecule has 1 amide bonds. The van der Waals surface area contributed by atoms with Crippen LogP contribution in [0, 0.1) is 0 Å². The number of pyridine rings is 1. The third-order valence-corrected chi connectivity index (χ3v) is 6.25. The highest BCUT2D eigenvalue weighted by Crippen LogP contribution is 2.37. The fourth-order valence-corrected chi connectivity index (χ4v) is 4.66. The molecule has 2 fully saturated rings. The average Bonchev–Trinajstić information content (AvgIpc) is 3.15. The summed E-state index contributed by atoms with van der Waals surface area (Å²) >= 11 is 1.75. The Morgan fingerprint density at radius 3 is 2.88 bits per heavy atom. The van der Waals surface area contributed by atoms with Gasteiger partial charge in [-0.05, 0) is 54.3 Å². The molecule has 2 aromatic rings. The SMILES string of the molecule is C[C@@H]1N(c2cccnc2)C(=O)COC12CCN(Cc1ccsc1)CC2. The Labute approximate surface area is 152 Å². The standard InChI is InChI=1S/C19H23N3O2S/c1-15-19(5-8-21(9-6-19)12-16-4-10-25-14-16)24-13-18(23)22(15)17-3-2-7-20-11-17/h2-4,7,10-11,14-15H,5-6,8-9,12-13H2,1H3/t15-/m0/s1. The van der Waals surface area contributed by atoms with Crippen molar-refractivity contribution in [1.82, 2.24) is 9.88 Å². The minimum atomic E-state index is -0.255. The number of amides is 1. The molecule has 132 valence electrons. The van der Waals surface area contributed by atoms with Crippen molar-refractivity contribution in [2.45, 2.75) is 38.0 Å². The molecule has 0 N–H and O–H groups in total. The van der Waals surface area contributed by atoms with Crippen LogP contribution in [0.15, 0.2) is 41.4 Å². The topological polar surface area (TPSA) is 45.7 Å². The minimum Gasteiger partial charge on any atom is -0.363 e. The number of aromatic nitrogens is 1. The molecule has 0 aromatic carbocycles. The van der Waals surface area contributed by atoms with E-state index in [1.54, 1.807) is 23.7 Å². The Morgan fingerprint density at radius 2 is 2.20 bits per heavy atom. The molecule has 0 unspecified atom stereocenters. The van der Waals surface area contributed by atoms with E-state index in [1.165, 1.54) is 5.56 Å². The second kappa shape index (κ2) is 6.86. The van der Waals surface area contributed by atoms with Crippen LogP contribution in [-0.2, 0) is 16.1 Å². The van der Waals surface area contributed by atoms with Crippen molar-refractivity contribution in [3.63, 3.8) is 0 Å². The fraction of sp³-hybridized carbons (Fsp3) is 0.474. The summed E-state index contributed by atoms with van der Waals surface area (Å²) in [5.41, 5.74) is 1.99. The van der Waals surface area contributed by atoms with Gasteiger partial charge in [0, 0.05) is 25.8 Å². The van der Waals surface area contributed by atoms with Crippen LogP contribution in [0.3, 0.4) is 0 Å². The molecular weight excluding hydrogens is 334 g/mol. The fourth-order valence-electron chi connectivity index (χ4n) is 4.00. The van der Waals surface area contributed by atoms with Crippen molar-refractivity contribution >= 4 is 22.9 Å². The molecule has 4 heterocycles. The molecule has 0 bridgehead atoms. The normalized spacial score (nSPS) is 24.0. The van der Waals surface area contributed by atoms with Gasteiger partial charge in [0.2, 0.25) is 0 Å². The van der Waals surface area contributed by atoms with E-state index in [2.05, 4.69) is 33.6 Å². The lowest BCUT2D eigenvalue weighted by molar-refractivity contribution is -0.152. The van der Waals surface area contributed by atoms with Crippen LogP contribution >= 0.6 is 11.3 Å². The average molecular weight is 357 g/mol. The summed E-state index contributed by atoms with van der Waals surface area (Å²) in [7, 11) is 0. The van der Waals surface area contributed by atoms with Crippen LogP contribution < -0.4 is 4.90 Å². The number of hydrogen-bond donors (Lipinski definition) is 0. The van der Waals surface area contributed by atoms with Gasteiger partial charge in [0.05, 0.1) is 23.5 Å². The predicted octanol–water partition coefficient (Wildman–Crippen LogP) is 2.93. The van der Waals surface area contributed by atoms with E-state index < -0.39 is 0 Å². The number of morpholine rings is 1. The number of anilines is 1. The highest BCUT2D eigenvalue weighted by molar-refractivity contribution is 7.07. The number of nitrogens with zero attached hydrogens (tertiary/aromatic N) is 3. The molecule has 2 aliphatic rings. The van der Waals surface area contributed by atoms with Crippen molar-refractivity contribution < 1.29 is 9.53 Å². The zero-order valence-electron chi connectivity index (χ0n) is 14.4. The lowest BCUT2D eigenvalue weighted by Gasteiger charge is -2.51. The first-order chi connectivity index (χ1) is 12.2. The minimum absolute atomic E-state index is 0.0150. The third kappa shape index (κ3) is 3.21. The highest BCUT2D eigenvalue weighted by atomic mass is 32.1. The Bertz CT molecular complexity index is 712. The Morgan fingerprint density at radius 1 is 1.36 bits per heavy atom. The Hall–Kier alpha value is -1.76. The summed E-state index contributed by atoms with van der Waals surface area (Å²) < 4.78 is 6.13. The van der Waals surface area contributed by atoms with E-state index >= 15 is 0 Å². The summed E-state index contributed by atoms with van der Waals surface area (Å²) in [6, 6.07) is 6.03. The molecule has 1 spiro atoms. The largest absolute Gasteiger partial charge is 0.363 e. The van der Waals surface area contributed by atoms with Crippen LogP contribution in [0.5, 0.6) is 0 Å². The molecule has 6 heteroatoms. The number of rotatable bonds is 3. The summed E-state index contributed by atoms with van der Waals surface area (Å²) in [5.74, 6) is 0.0202. The van der Waals surface area contributed by atoms with Gasteiger partial charge in [-0.2, -0.15) is 11.3 Å². The van der Waals surface area contributed by atoms with Crippen molar-refractivity contribution in [3.8, 4) is 0 Å². The maximum absolute atomic E-state index is 12.5. The quantitative estimate of drug-likeness (QED) is 0.847. The first-order valence-corrected chi connectivity index (χ1v) is 9.72. The smallest absolute Gasteiger partial charge is 0.253 e. The van der Waals surface area contributed by atoms with Gasteiger partial charge in [-0.25, -0.2) is 0 Å². The number of hydrogen-bond acceptors (Lipinski definition) is 5. The van der Waals surface area contributed by atoms with Gasteiger partial charge in [0.25, 0.3) is 5.91 Å².